The van der Waals surface area contributed by atoms with Crippen LogP contribution in [-0.4, -0.2) is 19.3 Å². The van der Waals surface area contributed by atoms with Gasteiger partial charge in [0, 0.05) is 13.5 Å². The van der Waals surface area contributed by atoms with Gasteiger partial charge in [-0.2, -0.15) is 0 Å². The Morgan fingerprint density at radius 2 is 2.09 bits per heavy atom. The average Bonchev–Trinajstić information content (AvgIpc) is 2.06. The van der Waals surface area contributed by atoms with E-state index in [1.165, 1.54) is 19.1 Å². The van der Waals surface area contributed by atoms with Crippen LogP contribution < -0.4 is 0 Å². The SMILES string of the molecule is C=COC1CCCC(OC)C1. The molecule has 1 aliphatic rings. The summed E-state index contributed by atoms with van der Waals surface area (Å²) in [6, 6.07) is 0. The monoisotopic (exact) mass is 156 g/mol. The minimum Gasteiger partial charge on any atom is -0.499 e. The minimum atomic E-state index is 0.339. The van der Waals surface area contributed by atoms with E-state index in [2.05, 4.69) is 6.58 Å². The number of rotatable bonds is 3. The van der Waals surface area contributed by atoms with Gasteiger partial charge < -0.3 is 9.47 Å². The Balaban J connectivity index is 2.27. The third-order valence-electron chi connectivity index (χ3n) is 2.20. The van der Waals surface area contributed by atoms with Crippen LogP contribution in [-0.2, 0) is 9.47 Å². The second-order valence-electron chi connectivity index (χ2n) is 2.95. The Kier molecular flexibility index (Phi) is 3.43. The molecule has 0 aliphatic heterocycles. The Labute approximate surface area is 68.2 Å². The molecule has 0 radical (unpaired) electrons. The molecule has 0 amide bonds. The van der Waals surface area contributed by atoms with Crippen molar-refractivity contribution >= 4 is 0 Å². The van der Waals surface area contributed by atoms with Gasteiger partial charge in [-0.1, -0.05) is 6.58 Å². The van der Waals surface area contributed by atoms with Crippen molar-refractivity contribution < 1.29 is 9.47 Å². The second kappa shape index (κ2) is 4.39. The summed E-state index contributed by atoms with van der Waals surface area (Å²) in [6.07, 6.45) is 6.81. The first-order chi connectivity index (χ1) is 5.36. The van der Waals surface area contributed by atoms with Crippen LogP contribution in [0, 0.1) is 0 Å². The van der Waals surface area contributed by atoms with Gasteiger partial charge in [0.1, 0.15) is 6.10 Å². The molecule has 2 atom stereocenters. The van der Waals surface area contributed by atoms with Crippen LogP contribution >= 0.6 is 0 Å². The normalized spacial score (nSPS) is 31.4. The molecule has 0 aromatic carbocycles. The first kappa shape index (κ1) is 8.60. The smallest absolute Gasteiger partial charge is 0.100 e. The highest BCUT2D eigenvalue weighted by Gasteiger charge is 2.21. The van der Waals surface area contributed by atoms with Crippen LogP contribution in [0.4, 0.5) is 0 Å². The summed E-state index contributed by atoms with van der Waals surface area (Å²) in [5, 5.41) is 0. The van der Waals surface area contributed by atoms with Crippen molar-refractivity contribution in [2.45, 2.75) is 37.9 Å². The van der Waals surface area contributed by atoms with Gasteiger partial charge >= 0.3 is 0 Å². The highest BCUT2D eigenvalue weighted by atomic mass is 16.5. The molecule has 0 aromatic rings. The maximum atomic E-state index is 5.30. The number of hydrogen-bond donors (Lipinski definition) is 0. The van der Waals surface area contributed by atoms with E-state index in [1.807, 2.05) is 0 Å². The fraction of sp³-hybridized carbons (Fsp3) is 0.778. The van der Waals surface area contributed by atoms with Crippen LogP contribution in [0.2, 0.25) is 0 Å². The third kappa shape index (κ3) is 2.54. The molecular formula is C9H16O2. The predicted molar refractivity (Wildman–Crippen MR) is 44.3 cm³/mol. The Hall–Kier alpha value is -0.500. The molecular weight excluding hydrogens is 140 g/mol. The van der Waals surface area contributed by atoms with Crippen molar-refractivity contribution in [2.24, 2.45) is 0 Å². The maximum absolute atomic E-state index is 5.30. The first-order valence-electron chi connectivity index (χ1n) is 4.16. The van der Waals surface area contributed by atoms with Gasteiger partial charge in [-0.25, -0.2) is 0 Å². The Morgan fingerprint density at radius 1 is 1.36 bits per heavy atom. The van der Waals surface area contributed by atoms with E-state index >= 15 is 0 Å². The van der Waals surface area contributed by atoms with E-state index in [-0.39, 0.29) is 0 Å². The highest BCUT2D eigenvalue weighted by molar-refractivity contribution is 4.74. The zero-order valence-corrected chi connectivity index (χ0v) is 7.08. The molecule has 0 spiro atoms. The van der Waals surface area contributed by atoms with Crippen LogP contribution in [0.25, 0.3) is 0 Å². The van der Waals surface area contributed by atoms with Crippen molar-refractivity contribution in [3.05, 3.63) is 12.8 Å². The summed E-state index contributed by atoms with van der Waals surface area (Å²) >= 11 is 0. The molecule has 2 nitrogen and oxygen atoms in total. The van der Waals surface area contributed by atoms with Gasteiger partial charge in [-0.05, 0) is 19.3 Å². The summed E-state index contributed by atoms with van der Waals surface area (Å²) in [6.45, 7) is 3.54. The van der Waals surface area contributed by atoms with Gasteiger partial charge in [-0.3, -0.25) is 0 Å². The van der Waals surface area contributed by atoms with Crippen molar-refractivity contribution in [3.63, 3.8) is 0 Å². The lowest BCUT2D eigenvalue weighted by Crippen LogP contribution is -2.26. The fourth-order valence-corrected chi connectivity index (χ4v) is 1.58. The number of methoxy groups -OCH3 is 1. The van der Waals surface area contributed by atoms with Gasteiger partial charge in [-0.15, -0.1) is 0 Å². The lowest BCUT2D eigenvalue weighted by Gasteiger charge is -2.27. The summed E-state index contributed by atoms with van der Waals surface area (Å²) in [5.74, 6) is 0. The fourth-order valence-electron chi connectivity index (χ4n) is 1.58. The van der Waals surface area contributed by atoms with Crippen LogP contribution in [0.1, 0.15) is 25.7 Å². The molecule has 2 heteroatoms. The summed E-state index contributed by atoms with van der Waals surface area (Å²) in [4.78, 5) is 0. The zero-order chi connectivity index (χ0) is 8.10. The topological polar surface area (TPSA) is 18.5 Å². The molecule has 1 saturated carbocycles. The van der Waals surface area contributed by atoms with Crippen LogP contribution in [0.15, 0.2) is 12.8 Å². The lowest BCUT2D eigenvalue weighted by atomic mass is 9.95. The molecule has 11 heavy (non-hydrogen) atoms. The predicted octanol–water partition coefficient (Wildman–Crippen LogP) is 2.10. The molecule has 0 heterocycles. The molecule has 2 unspecified atom stereocenters. The lowest BCUT2D eigenvalue weighted by molar-refractivity contribution is 0.00503. The molecule has 1 aliphatic carbocycles. The van der Waals surface area contributed by atoms with Gasteiger partial charge in [0.2, 0.25) is 0 Å². The average molecular weight is 156 g/mol. The summed E-state index contributed by atoms with van der Waals surface area (Å²) in [7, 11) is 1.76. The molecule has 0 bridgehead atoms. The van der Waals surface area contributed by atoms with E-state index in [4.69, 9.17) is 9.47 Å². The number of hydrogen-bond acceptors (Lipinski definition) is 2. The zero-order valence-electron chi connectivity index (χ0n) is 7.08. The van der Waals surface area contributed by atoms with Crippen molar-refractivity contribution in [2.75, 3.05) is 7.11 Å². The Bertz CT molecular complexity index is 123. The minimum absolute atomic E-state index is 0.339. The molecule has 1 rings (SSSR count). The van der Waals surface area contributed by atoms with Crippen LogP contribution in [0.5, 0.6) is 0 Å². The standard InChI is InChI=1S/C9H16O2/c1-3-11-9-6-4-5-8(7-9)10-2/h3,8-9H,1,4-7H2,2H3. The van der Waals surface area contributed by atoms with E-state index < -0.39 is 0 Å². The van der Waals surface area contributed by atoms with E-state index in [0.717, 1.165) is 12.8 Å². The molecule has 64 valence electrons. The maximum Gasteiger partial charge on any atom is 0.100 e. The van der Waals surface area contributed by atoms with E-state index in [9.17, 15) is 0 Å². The quantitative estimate of drug-likeness (QED) is 0.582. The van der Waals surface area contributed by atoms with Crippen molar-refractivity contribution in [1.29, 1.82) is 0 Å². The number of ether oxygens (including phenoxy) is 2. The van der Waals surface area contributed by atoms with Crippen molar-refractivity contribution in [1.82, 2.24) is 0 Å². The molecule has 0 aromatic heterocycles. The van der Waals surface area contributed by atoms with Gasteiger partial charge in [0.25, 0.3) is 0 Å². The molecule has 1 fully saturated rings. The largest absolute Gasteiger partial charge is 0.499 e. The van der Waals surface area contributed by atoms with Crippen molar-refractivity contribution in [3.8, 4) is 0 Å². The first-order valence-corrected chi connectivity index (χ1v) is 4.16. The third-order valence-corrected chi connectivity index (χ3v) is 2.20. The van der Waals surface area contributed by atoms with Gasteiger partial charge in [0.05, 0.1) is 12.4 Å². The van der Waals surface area contributed by atoms with E-state index in [1.54, 1.807) is 7.11 Å². The van der Waals surface area contributed by atoms with E-state index in [0.29, 0.717) is 12.2 Å². The Morgan fingerprint density at radius 3 is 2.73 bits per heavy atom. The van der Waals surface area contributed by atoms with Gasteiger partial charge in [0.15, 0.2) is 0 Å². The van der Waals surface area contributed by atoms with Crippen LogP contribution in [0.3, 0.4) is 0 Å². The second-order valence-corrected chi connectivity index (χ2v) is 2.95. The summed E-state index contributed by atoms with van der Waals surface area (Å²) in [5.41, 5.74) is 0. The molecule has 0 saturated heterocycles. The molecule has 0 N–H and O–H groups in total. The summed E-state index contributed by atoms with van der Waals surface area (Å²) < 4.78 is 10.6. The highest BCUT2D eigenvalue weighted by Crippen LogP contribution is 2.22.